The number of nitrogens with zero attached hydrogens (tertiary/aromatic N) is 2. The summed E-state index contributed by atoms with van der Waals surface area (Å²) in [5.41, 5.74) is 1.98. The monoisotopic (exact) mass is 645 g/mol. The number of carbonyl (C=O) groups is 2. The fourth-order valence-electron chi connectivity index (χ4n) is 4.13. The van der Waals surface area contributed by atoms with E-state index < -0.39 is 28.5 Å². The molecule has 3 rings (SSSR count). The third-order valence-electron chi connectivity index (χ3n) is 6.40. The van der Waals surface area contributed by atoms with E-state index >= 15 is 0 Å². The van der Waals surface area contributed by atoms with Gasteiger partial charge in [-0.05, 0) is 91.7 Å². The molecule has 0 heterocycles. The lowest BCUT2D eigenvalue weighted by atomic mass is 10.1. The van der Waals surface area contributed by atoms with E-state index in [2.05, 4.69) is 21.2 Å². The van der Waals surface area contributed by atoms with Gasteiger partial charge in [-0.25, -0.2) is 8.42 Å². The summed E-state index contributed by atoms with van der Waals surface area (Å²) in [6.45, 7) is 6.71. The molecule has 0 aliphatic carbocycles. The van der Waals surface area contributed by atoms with E-state index in [0.717, 1.165) is 15.4 Å². The van der Waals surface area contributed by atoms with Crippen molar-refractivity contribution in [1.29, 1.82) is 0 Å². The van der Waals surface area contributed by atoms with Gasteiger partial charge in [0, 0.05) is 12.6 Å². The van der Waals surface area contributed by atoms with Crippen molar-refractivity contribution >= 4 is 43.5 Å². The summed E-state index contributed by atoms with van der Waals surface area (Å²) >= 11 is 3.35. The molecule has 0 saturated carbocycles. The summed E-state index contributed by atoms with van der Waals surface area (Å²) in [7, 11) is -1.18. The van der Waals surface area contributed by atoms with Gasteiger partial charge in [-0.15, -0.1) is 0 Å². The maximum atomic E-state index is 14.0. The highest BCUT2D eigenvalue weighted by molar-refractivity contribution is 9.10. The summed E-state index contributed by atoms with van der Waals surface area (Å²) in [6.07, 6.45) is 0. The Balaban J connectivity index is 2.06. The number of anilines is 1. The third-order valence-corrected chi connectivity index (χ3v) is 8.79. The van der Waals surface area contributed by atoms with Crippen molar-refractivity contribution in [3.63, 3.8) is 0 Å². The van der Waals surface area contributed by atoms with Crippen molar-refractivity contribution in [2.45, 2.75) is 51.2 Å². The molecule has 1 atom stereocenters. The van der Waals surface area contributed by atoms with Gasteiger partial charge >= 0.3 is 0 Å². The quantitative estimate of drug-likeness (QED) is 0.300. The number of hydrogen-bond acceptors (Lipinski definition) is 6. The van der Waals surface area contributed by atoms with Crippen LogP contribution in [0.25, 0.3) is 0 Å². The number of benzene rings is 3. The molecule has 3 aromatic rings. The molecular weight excluding hydrogens is 610 g/mol. The molecule has 0 unspecified atom stereocenters. The van der Waals surface area contributed by atoms with E-state index in [4.69, 9.17) is 9.47 Å². The number of rotatable bonds is 12. The Morgan fingerprint density at radius 1 is 0.951 bits per heavy atom. The molecule has 220 valence electrons. The fourth-order valence-corrected chi connectivity index (χ4v) is 6.26. The number of carbonyl (C=O) groups excluding carboxylic acids is 2. The van der Waals surface area contributed by atoms with Crippen molar-refractivity contribution in [3.05, 3.63) is 82.3 Å². The van der Waals surface area contributed by atoms with Gasteiger partial charge in [0.05, 0.1) is 29.3 Å². The average molecular weight is 647 g/mol. The third kappa shape index (κ3) is 8.01. The number of aryl methyl sites for hydroxylation is 1. The standard InChI is InChI=1S/C30H36BrN3O6S/c1-20(2)32-30(36)22(4)33(18-23-8-7-9-25(16-23)39-5)29(35)19-34(24-12-10-21(3)11-13-24)41(37,38)26-14-15-28(40-6)27(31)17-26/h7-17,20,22H,18-19H2,1-6H3,(H,32,36)/t22-/m1/s1. The molecule has 3 aromatic carbocycles. The molecule has 11 heteroatoms. The summed E-state index contributed by atoms with van der Waals surface area (Å²) in [5.74, 6) is 0.176. The molecule has 0 aromatic heterocycles. The topological polar surface area (TPSA) is 105 Å². The van der Waals surface area contributed by atoms with Gasteiger partial charge in [0.15, 0.2) is 0 Å². The zero-order valence-electron chi connectivity index (χ0n) is 24.0. The van der Waals surface area contributed by atoms with Crippen LogP contribution in [0.4, 0.5) is 5.69 Å². The van der Waals surface area contributed by atoms with Gasteiger partial charge < -0.3 is 19.7 Å². The van der Waals surface area contributed by atoms with Crippen LogP contribution in [0.2, 0.25) is 0 Å². The lowest BCUT2D eigenvalue weighted by Crippen LogP contribution is -2.52. The van der Waals surface area contributed by atoms with Crippen LogP contribution in [-0.4, -0.2) is 58.0 Å². The number of hydrogen-bond donors (Lipinski definition) is 1. The van der Waals surface area contributed by atoms with Crippen LogP contribution in [0.1, 0.15) is 31.9 Å². The summed E-state index contributed by atoms with van der Waals surface area (Å²) in [4.78, 5) is 28.4. The van der Waals surface area contributed by atoms with Gasteiger partial charge in [0.1, 0.15) is 24.1 Å². The highest BCUT2D eigenvalue weighted by atomic mass is 79.9. The van der Waals surface area contributed by atoms with E-state index in [1.807, 2.05) is 26.8 Å². The zero-order valence-corrected chi connectivity index (χ0v) is 26.5. The second kappa shape index (κ2) is 13.9. The zero-order chi connectivity index (χ0) is 30.3. The van der Waals surface area contributed by atoms with Crippen molar-refractivity contribution < 1.29 is 27.5 Å². The van der Waals surface area contributed by atoms with E-state index in [9.17, 15) is 18.0 Å². The Labute approximate surface area is 250 Å². The Morgan fingerprint density at radius 3 is 2.22 bits per heavy atom. The first kappa shape index (κ1) is 32.0. The molecule has 2 amide bonds. The first-order valence-electron chi connectivity index (χ1n) is 13.0. The Hall–Kier alpha value is -3.57. The average Bonchev–Trinajstić information content (AvgIpc) is 2.94. The van der Waals surface area contributed by atoms with Crippen LogP contribution in [0.3, 0.4) is 0 Å². The first-order chi connectivity index (χ1) is 19.4. The minimum Gasteiger partial charge on any atom is -0.497 e. The van der Waals surface area contributed by atoms with Crippen molar-refractivity contribution in [3.8, 4) is 11.5 Å². The second-order valence-corrected chi connectivity index (χ2v) is 12.6. The number of methoxy groups -OCH3 is 2. The smallest absolute Gasteiger partial charge is 0.264 e. The van der Waals surface area contributed by atoms with E-state index in [1.165, 1.54) is 24.1 Å². The number of halogens is 1. The number of ether oxygens (including phenoxy) is 2. The molecular formula is C30H36BrN3O6S. The molecule has 0 spiro atoms. The lowest BCUT2D eigenvalue weighted by molar-refractivity contribution is -0.139. The molecule has 1 N–H and O–H groups in total. The molecule has 0 fully saturated rings. The largest absolute Gasteiger partial charge is 0.497 e. The molecule has 9 nitrogen and oxygen atoms in total. The molecule has 0 radical (unpaired) electrons. The van der Waals surface area contributed by atoms with Crippen LogP contribution in [0.5, 0.6) is 11.5 Å². The second-order valence-electron chi connectivity index (χ2n) is 9.86. The van der Waals surface area contributed by atoms with Gasteiger partial charge in [-0.2, -0.15) is 0 Å². The maximum Gasteiger partial charge on any atom is 0.264 e. The van der Waals surface area contributed by atoms with Gasteiger partial charge in [-0.3, -0.25) is 13.9 Å². The minimum absolute atomic E-state index is 0.0245. The first-order valence-corrected chi connectivity index (χ1v) is 15.3. The van der Waals surface area contributed by atoms with Gasteiger partial charge in [0.25, 0.3) is 10.0 Å². The Kier molecular flexibility index (Phi) is 10.8. The fraction of sp³-hybridized carbons (Fsp3) is 0.333. The number of sulfonamides is 1. The van der Waals surface area contributed by atoms with Crippen molar-refractivity contribution in [2.24, 2.45) is 0 Å². The van der Waals surface area contributed by atoms with E-state index in [-0.39, 0.29) is 23.4 Å². The van der Waals surface area contributed by atoms with Gasteiger partial charge in [-0.1, -0.05) is 29.8 Å². The Bertz CT molecular complexity index is 1480. The summed E-state index contributed by atoms with van der Waals surface area (Å²) < 4.78 is 40.1. The molecule has 0 saturated heterocycles. The van der Waals surface area contributed by atoms with Crippen LogP contribution in [-0.2, 0) is 26.2 Å². The maximum absolute atomic E-state index is 14.0. The highest BCUT2D eigenvalue weighted by Gasteiger charge is 2.33. The normalized spacial score (nSPS) is 12.0. The number of nitrogens with one attached hydrogen (secondary N) is 1. The van der Waals surface area contributed by atoms with E-state index in [1.54, 1.807) is 62.6 Å². The predicted molar refractivity (Wildman–Crippen MR) is 163 cm³/mol. The lowest BCUT2D eigenvalue weighted by Gasteiger charge is -2.32. The minimum atomic E-state index is -4.21. The number of amides is 2. The van der Waals surface area contributed by atoms with Crippen molar-refractivity contribution in [1.82, 2.24) is 10.2 Å². The molecule has 0 aliphatic heterocycles. The van der Waals surface area contributed by atoms with E-state index in [0.29, 0.717) is 21.7 Å². The van der Waals surface area contributed by atoms with Crippen LogP contribution in [0.15, 0.2) is 76.1 Å². The molecule has 0 bridgehead atoms. The van der Waals surface area contributed by atoms with Gasteiger partial charge in [0.2, 0.25) is 11.8 Å². The molecule has 0 aliphatic rings. The van der Waals surface area contributed by atoms with Crippen LogP contribution < -0.4 is 19.1 Å². The Morgan fingerprint density at radius 2 is 1.63 bits per heavy atom. The van der Waals surface area contributed by atoms with Crippen LogP contribution >= 0.6 is 15.9 Å². The van der Waals surface area contributed by atoms with Crippen LogP contribution in [0, 0.1) is 6.92 Å². The SMILES string of the molecule is COc1cccc(CN(C(=O)CN(c2ccc(C)cc2)S(=O)(=O)c2ccc(OC)c(Br)c2)[C@H](C)C(=O)NC(C)C)c1. The van der Waals surface area contributed by atoms with Crippen molar-refractivity contribution in [2.75, 3.05) is 25.1 Å². The summed E-state index contributed by atoms with van der Waals surface area (Å²) in [6, 6.07) is 17.4. The molecule has 41 heavy (non-hydrogen) atoms. The highest BCUT2D eigenvalue weighted by Crippen LogP contribution is 2.31. The predicted octanol–water partition coefficient (Wildman–Crippen LogP) is 4.91. The summed E-state index contributed by atoms with van der Waals surface area (Å²) in [5, 5.41) is 2.84.